The van der Waals surface area contributed by atoms with Crippen molar-refractivity contribution in [3.63, 3.8) is 0 Å². The quantitative estimate of drug-likeness (QED) is 0.694. The van der Waals surface area contributed by atoms with E-state index in [4.69, 9.17) is 10.5 Å². The molecule has 0 aromatic heterocycles. The molecular formula is C13H19N3O3. The number of carbonyl (C=O) groups is 2. The summed E-state index contributed by atoms with van der Waals surface area (Å²) in [6.45, 7) is 0.715. The number of nitrogens with two attached hydrogens (primary N) is 1. The first-order chi connectivity index (χ1) is 9.17. The van der Waals surface area contributed by atoms with Gasteiger partial charge in [-0.1, -0.05) is 18.2 Å². The fourth-order valence-electron chi connectivity index (χ4n) is 1.49. The molecule has 0 fully saturated rings. The number of aryl methyl sites for hydroxylation is 1. The van der Waals surface area contributed by atoms with Crippen LogP contribution >= 0.6 is 0 Å². The molecule has 0 aliphatic rings. The topological polar surface area (TPSA) is 93.4 Å². The van der Waals surface area contributed by atoms with E-state index in [1.807, 2.05) is 12.1 Å². The maximum Gasteiger partial charge on any atom is 0.412 e. The van der Waals surface area contributed by atoms with E-state index >= 15 is 0 Å². The molecule has 0 spiro atoms. The van der Waals surface area contributed by atoms with Crippen LogP contribution in [0.1, 0.15) is 12.0 Å². The summed E-state index contributed by atoms with van der Waals surface area (Å²) >= 11 is 0. The lowest BCUT2D eigenvalue weighted by atomic mass is 10.1. The maximum absolute atomic E-state index is 11.4. The standard InChI is InChI=1S/C13H19N3O3/c1-15-12(17)7-6-10-4-2-3-5-11(10)19-13(18)16-9-8-14/h2-5H,6-9,14H2,1H3,(H,15,17)(H,16,18). The Morgan fingerprint density at radius 3 is 2.74 bits per heavy atom. The van der Waals surface area contributed by atoms with Crippen LogP contribution in [0.25, 0.3) is 0 Å². The molecule has 6 heteroatoms. The van der Waals surface area contributed by atoms with Gasteiger partial charge in [0.2, 0.25) is 5.91 Å². The third kappa shape index (κ3) is 5.39. The fraction of sp³-hybridized carbons (Fsp3) is 0.385. The van der Waals surface area contributed by atoms with Gasteiger partial charge in [0.05, 0.1) is 0 Å². The monoisotopic (exact) mass is 265 g/mol. The second-order valence-electron chi connectivity index (χ2n) is 3.89. The molecule has 0 saturated carbocycles. The van der Waals surface area contributed by atoms with Gasteiger partial charge in [0.25, 0.3) is 0 Å². The summed E-state index contributed by atoms with van der Waals surface area (Å²) in [5, 5.41) is 5.07. The molecule has 2 amide bonds. The van der Waals surface area contributed by atoms with Crippen molar-refractivity contribution in [2.75, 3.05) is 20.1 Å². The molecular weight excluding hydrogens is 246 g/mol. The molecule has 6 nitrogen and oxygen atoms in total. The highest BCUT2D eigenvalue weighted by Crippen LogP contribution is 2.19. The Labute approximate surface area is 112 Å². The Morgan fingerprint density at radius 1 is 1.32 bits per heavy atom. The predicted octanol–water partition coefficient (Wildman–Crippen LogP) is 0.412. The number of nitrogens with one attached hydrogen (secondary N) is 2. The molecule has 0 unspecified atom stereocenters. The van der Waals surface area contributed by atoms with Gasteiger partial charge in [0.15, 0.2) is 0 Å². The van der Waals surface area contributed by atoms with Crippen molar-refractivity contribution < 1.29 is 14.3 Å². The van der Waals surface area contributed by atoms with Crippen LogP contribution in [0, 0.1) is 0 Å². The van der Waals surface area contributed by atoms with Crippen LogP contribution in [0.4, 0.5) is 4.79 Å². The SMILES string of the molecule is CNC(=O)CCc1ccccc1OC(=O)NCCN. The van der Waals surface area contributed by atoms with Gasteiger partial charge in [0.1, 0.15) is 5.75 Å². The molecule has 4 N–H and O–H groups in total. The highest BCUT2D eigenvalue weighted by Gasteiger charge is 2.09. The van der Waals surface area contributed by atoms with Gasteiger partial charge in [-0.2, -0.15) is 0 Å². The number of ether oxygens (including phenoxy) is 1. The van der Waals surface area contributed by atoms with Crippen molar-refractivity contribution in [1.29, 1.82) is 0 Å². The second-order valence-corrected chi connectivity index (χ2v) is 3.89. The molecule has 0 aliphatic carbocycles. The zero-order valence-electron chi connectivity index (χ0n) is 10.9. The Hall–Kier alpha value is -2.08. The van der Waals surface area contributed by atoms with E-state index in [0.29, 0.717) is 31.7 Å². The Bertz CT molecular complexity index is 435. The predicted molar refractivity (Wildman–Crippen MR) is 71.9 cm³/mol. The lowest BCUT2D eigenvalue weighted by Crippen LogP contribution is -2.31. The number of carbonyl (C=O) groups excluding carboxylic acids is 2. The van der Waals surface area contributed by atoms with E-state index in [0.717, 1.165) is 5.56 Å². The zero-order chi connectivity index (χ0) is 14.1. The number of benzene rings is 1. The molecule has 0 heterocycles. The number of hydrogen-bond donors (Lipinski definition) is 3. The highest BCUT2D eigenvalue weighted by atomic mass is 16.6. The molecule has 1 aromatic carbocycles. The lowest BCUT2D eigenvalue weighted by molar-refractivity contribution is -0.120. The molecule has 1 aromatic rings. The van der Waals surface area contributed by atoms with Crippen LogP contribution in [0.3, 0.4) is 0 Å². The molecule has 0 atom stereocenters. The first kappa shape index (κ1) is 15.0. The van der Waals surface area contributed by atoms with Crippen LogP contribution in [-0.4, -0.2) is 32.1 Å². The molecule has 1 rings (SSSR count). The van der Waals surface area contributed by atoms with Gasteiger partial charge >= 0.3 is 6.09 Å². The van der Waals surface area contributed by atoms with Crippen LogP contribution in [0.5, 0.6) is 5.75 Å². The summed E-state index contributed by atoms with van der Waals surface area (Å²) in [4.78, 5) is 22.7. The van der Waals surface area contributed by atoms with Crippen LogP contribution < -0.4 is 21.1 Å². The molecule has 0 aliphatic heterocycles. The van der Waals surface area contributed by atoms with E-state index in [2.05, 4.69) is 10.6 Å². The number of rotatable bonds is 6. The number of para-hydroxylation sites is 1. The summed E-state index contributed by atoms with van der Waals surface area (Å²) < 4.78 is 5.18. The second kappa shape index (κ2) is 8.10. The summed E-state index contributed by atoms with van der Waals surface area (Å²) in [7, 11) is 1.59. The average molecular weight is 265 g/mol. The summed E-state index contributed by atoms with van der Waals surface area (Å²) in [6, 6.07) is 7.13. The molecule has 104 valence electrons. The molecule has 19 heavy (non-hydrogen) atoms. The van der Waals surface area contributed by atoms with E-state index < -0.39 is 6.09 Å². The summed E-state index contributed by atoms with van der Waals surface area (Å²) in [5.74, 6) is 0.406. The number of amides is 2. The van der Waals surface area contributed by atoms with Crippen LogP contribution in [0.2, 0.25) is 0 Å². The van der Waals surface area contributed by atoms with Crippen LogP contribution in [-0.2, 0) is 11.2 Å². The van der Waals surface area contributed by atoms with Crippen molar-refractivity contribution >= 4 is 12.0 Å². The van der Waals surface area contributed by atoms with Gasteiger partial charge in [-0.15, -0.1) is 0 Å². The van der Waals surface area contributed by atoms with Crippen LogP contribution in [0.15, 0.2) is 24.3 Å². The largest absolute Gasteiger partial charge is 0.412 e. The van der Waals surface area contributed by atoms with Gasteiger partial charge in [-0.3, -0.25) is 4.79 Å². The third-order valence-corrected chi connectivity index (χ3v) is 2.49. The summed E-state index contributed by atoms with van der Waals surface area (Å²) in [5.41, 5.74) is 6.10. The maximum atomic E-state index is 11.4. The summed E-state index contributed by atoms with van der Waals surface area (Å²) in [6.07, 6.45) is 0.319. The molecule has 0 radical (unpaired) electrons. The fourth-order valence-corrected chi connectivity index (χ4v) is 1.49. The minimum Gasteiger partial charge on any atom is -0.410 e. The Balaban J connectivity index is 2.62. The smallest absolute Gasteiger partial charge is 0.410 e. The van der Waals surface area contributed by atoms with Crippen molar-refractivity contribution in [2.24, 2.45) is 5.73 Å². The first-order valence-corrected chi connectivity index (χ1v) is 6.11. The average Bonchev–Trinajstić information content (AvgIpc) is 2.43. The highest BCUT2D eigenvalue weighted by molar-refractivity contribution is 5.76. The number of hydrogen-bond acceptors (Lipinski definition) is 4. The normalized spacial score (nSPS) is 9.79. The van der Waals surface area contributed by atoms with Gasteiger partial charge < -0.3 is 21.1 Å². The molecule has 0 saturated heterocycles. The van der Waals surface area contributed by atoms with E-state index in [9.17, 15) is 9.59 Å². The lowest BCUT2D eigenvalue weighted by Gasteiger charge is -2.10. The van der Waals surface area contributed by atoms with E-state index in [-0.39, 0.29) is 5.91 Å². The zero-order valence-corrected chi connectivity index (χ0v) is 10.9. The minimum absolute atomic E-state index is 0.0533. The molecule has 0 bridgehead atoms. The van der Waals surface area contributed by atoms with E-state index in [1.54, 1.807) is 19.2 Å². The van der Waals surface area contributed by atoms with E-state index in [1.165, 1.54) is 0 Å². The first-order valence-electron chi connectivity index (χ1n) is 6.11. The van der Waals surface area contributed by atoms with Crippen molar-refractivity contribution in [3.05, 3.63) is 29.8 Å². The van der Waals surface area contributed by atoms with Gasteiger partial charge in [-0.25, -0.2) is 4.79 Å². The minimum atomic E-state index is -0.544. The van der Waals surface area contributed by atoms with Crippen molar-refractivity contribution in [2.45, 2.75) is 12.8 Å². The van der Waals surface area contributed by atoms with Gasteiger partial charge in [-0.05, 0) is 18.1 Å². The van der Waals surface area contributed by atoms with Gasteiger partial charge in [0, 0.05) is 26.6 Å². The third-order valence-electron chi connectivity index (χ3n) is 2.49. The Morgan fingerprint density at radius 2 is 2.05 bits per heavy atom. The van der Waals surface area contributed by atoms with Crippen molar-refractivity contribution in [1.82, 2.24) is 10.6 Å². The Kier molecular flexibility index (Phi) is 6.38. The van der Waals surface area contributed by atoms with Crippen molar-refractivity contribution in [3.8, 4) is 5.75 Å².